The number of aliphatic hydroxyl groups is 1. The molecule has 1 aliphatic carbocycles. The standard InChI is InChI=1S/C16H24ClNO2/c1-12-9-15(5-6-16(12)17)20-11-14(19)10-18-8-7-13-3-2-4-13/h5-6,9,13-14,18-19H,2-4,7-8,10-11H2,1H3. The molecule has 2 N–H and O–H groups in total. The highest BCUT2D eigenvalue weighted by molar-refractivity contribution is 6.31. The molecule has 0 spiro atoms. The lowest BCUT2D eigenvalue weighted by Gasteiger charge is -2.25. The van der Waals surface area contributed by atoms with Gasteiger partial charge in [0.25, 0.3) is 0 Å². The molecule has 20 heavy (non-hydrogen) atoms. The van der Waals surface area contributed by atoms with Crippen LogP contribution >= 0.6 is 11.6 Å². The molecular formula is C16H24ClNO2. The first-order chi connectivity index (χ1) is 9.65. The summed E-state index contributed by atoms with van der Waals surface area (Å²) < 4.78 is 5.57. The zero-order valence-electron chi connectivity index (χ0n) is 12.1. The quantitative estimate of drug-likeness (QED) is 0.724. The summed E-state index contributed by atoms with van der Waals surface area (Å²) in [7, 11) is 0. The minimum absolute atomic E-state index is 0.303. The van der Waals surface area contributed by atoms with E-state index >= 15 is 0 Å². The maximum atomic E-state index is 9.86. The molecule has 1 saturated carbocycles. The Bertz CT molecular complexity index is 421. The van der Waals surface area contributed by atoms with E-state index < -0.39 is 6.10 Å². The second kappa shape index (κ2) is 7.87. The number of ether oxygens (including phenoxy) is 1. The summed E-state index contributed by atoms with van der Waals surface area (Å²) in [6.07, 6.45) is 4.89. The zero-order chi connectivity index (χ0) is 14.4. The Morgan fingerprint density at radius 2 is 2.25 bits per heavy atom. The Morgan fingerprint density at radius 1 is 1.45 bits per heavy atom. The minimum Gasteiger partial charge on any atom is -0.491 e. The van der Waals surface area contributed by atoms with Crippen molar-refractivity contribution in [2.24, 2.45) is 5.92 Å². The number of aryl methyl sites for hydroxylation is 1. The molecule has 0 heterocycles. The van der Waals surface area contributed by atoms with Crippen molar-refractivity contribution in [1.29, 1.82) is 0 Å². The van der Waals surface area contributed by atoms with Gasteiger partial charge >= 0.3 is 0 Å². The van der Waals surface area contributed by atoms with Gasteiger partial charge in [0.2, 0.25) is 0 Å². The largest absolute Gasteiger partial charge is 0.491 e. The Morgan fingerprint density at radius 3 is 2.90 bits per heavy atom. The monoisotopic (exact) mass is 297 g/mol. The number of rotatable bonds is 8. The van der Waals surface area contributed by atoms with Crippen molar-refractivity contribution in [3.8, 4) is 5.75 Å². The van der Waals surface area contributed by atoms with Crippen LogP contribution in [0.1, 0.15) is 31.2 Å². The van der Waals surface area contributed by atoms with Gasteiger partial charge in [-0.15, -0.1) is 0 Å². The summed E-state index contributed by atoms with van der Waals surface area (Å²) in [4.78, 5) is 0. The van der Waals surface area contributed by atoms with E-state index in [9.17, 15) is 5.11 Å². The van der Waals surface area contributed by atoms with E-state index in [0.29, 0.717) is 13.2 Å². The van der Waals surface area contributed by atoms with E-state index in [1.54, 1.807) is 0 Å². The van der Waals surface area contributed by atoms with Crippen LogP contribution < -0.4 is 10.1 Å². The minimum atomic E-state index is -0.479. The number of aliphatic hydroxyl groups excluding tert-OH is 1. The maximum Gasteiger partial charge on any atom is 0.119 e. The lowest BCUT2D eigenvalue weighted by Crippen LogP contribution is -2.33. The van der Waals surface area contributed by atoms with Crippen LogP contribution in [0.2, 0.25) is 5.02 Å². The third-order valence-electron chi connectivity index (χ3n) is 3.91. The molecule has 1 fully saturated rings. The van der Waals surface area contributed by atoms with E-state index in [4.69, 9.17) is 16.3 Å². The molecule has 0 saturated heterocycles. The number of hydrogen-bond donors (Lipinski definition) is 2. The van der Waals surface area contributed by atoms with E-state index in [2.05, 4.69) is 5.32 Å². The Balaban J connectivity index is 1.58. The van der Waals surface area contributed by atoms with Gasteiger partial charge in [-0.3, -0.25) is 0 Å². The highest BCUT2D eigenvalue weighted by Crippen LogP contribution is 2.28. The first kappa shape index (κ1) is 15.6. The van der Waals surface area contributed by atoms with Crippen LogP contribution in [0.4, 0.5) is 0 Å². The third-order valence-corrected chi connectivity index (χ3v) is 4.33. The summed E-state index contributed by atoms with van der Waals surface area (Å²) in [6, 6.07) is 5.53. The van der Waals surface area contributed by atoms with Gasteiger partial charge < -0.3 is 15.2 Å². The van der Waals surface area contributed by atoms with Crippen LogP contribution in [0.25, 0.3) is 0 Å². The van der Waals surface area contributed by atoms with Gasteiger partial charge in [-0.25, -0.2) is 0 Å². The lowest BCUT2D eigenvalue weighted by molar-refractivity contribution is 0.105. The molecule has 1 aromatic carbocycles. The Kier molecular flexibility index (Phi) is 6.14. The highest BCUT2D eigenvalue weighted by atomic mass is 35.5. The van der Waals surface area contributed by atoms with Crippen LogP contribution in [0.5, 0.6) is 5.75 Å². The Labute approximate surface area is 126 Å². The maximum absolute atomic E-state index is 9.86. The summed E-state index contributed by atoms with van der Waals surface area (Å²) in [5.41, 5.74) is 0.984. The van der Waals surface area contributed by atoms with Crippen molar-refractivity contribution in [2.45, 2.75) is 38.7 Å². The van der Waals surface area contributed by atoms with Crippen LogP contribution in [-0.4, -0.2) is 30.9 Å². The molecule has 0 bridgehead atoms. The summed E-state index contributed by atoms with van der Waals surface area (Å²) >= 11 is 5.96. The van der Waals surface area contributed by atoms with Crippen molar-refractivity contribution < 1.29 is 9.84 Å². The molecule has 1 aromatic rings. The lowest BCUT2D eigenvalue weighted by atomic mass is 9.83. The van der Waals surface area contributed by atoms with Crippen LogP contribution in [0.15, 0.2) is 18.2 Å². The fourth-order valence-electron chi connectivity index (χ4n) is 2.31. The average Bonchev–Trinajstić information content (AvgIpc) is 2.38. The van der Waals surface area contributed by atoms with Gasteiger partial charge in [0.05, 0.1) is 0 Å². The van der Waals surface area contributed by atoms with Crippen molar-refractivity contribution in [2.75, 3.05) is 19.7 Å². The summed E-state index contributed by atoms with van der Waals surface area (Å²) in [6.45, 7) is 3.81. The van der Waals surface area contributed by atoms with Crippen molar-refractivity contribution in [1.82, 2.24) is 5.32 Å². The van der Waals surface area contributed by atoms with Crippen LogP contribution in [-0.2, 0) is 0 Å². The fourth-order valence-corrected chi connectivity index (χ4v) is 2.43. The first-order valence-electron chi connectivity index (χ1n) is 7.43. The number of nitrogens with one attached hydrogen (secondary N) is 1. The molecule has 112 valence electrons. The first-order valence-corrected chi connectivity index (χ1v) is 7.80. The second-order valence-corrected chi connectivity index (χ2v) is 6.07. The van der Waals surface area contributed by atoms with Gasteiger partial charge in [-0.2, -0.15) is 0 Å². The van der Waals surface area contributed by atoms with Gasteiger partial charge in [-0.1, -0.05) is 30.9 Å². The smallest absolute Gasteiger partial charge is 0.119 e. The SMILES string of the molecule is Cc1cc(OCC(O)CNCCC2CCC2)ccc1Cl. The molecule has 1 atom stereocenters. The second-order valence-electron chi connectivity index (χ2n) is 5.67. The predicted octanol–water partition coefficient (Wildman–Crippen LogP) is 3.17. The number of hydrogen-bond acceptors (Lipinski definition) is 3. The molecule has 1 aliphatic rings. The molecule has 4 heteroatoms. The van der Waals surface area contributed by atoms with E-state index in [0.717, 1.165) is 28.8 Å². The molecule has 0 radical (unpaired) electrons. The molecular weight excluding hydrogens is 274 g/mol. The van der Waals surface area contributed by atoms with Crippen LogP contribution in [0, 0.1) is 12.8 Å². The van der Waals surface area contributed by atoms with E-state index in [1.165, 1.54) is 25.7 Å². The van der Waals surface area contributed by atoms with Crippen molar-refractivity contribution >= 4 is 11.6 Å². The third kappa shape index (κ3) is 4.97. The molecule has 3 nitrogen and oxygen atoms in total. The average molecular weight is 298 g/mol. The number of halogens is 1. The van der Waals surface area contributed by atoms with Crippen molar-refractivity contribution in [3.63, 3.8) is 0 Å². The van der Waals surface area contributed by atoms with Gasteiger partial charge in [0.15, 0.2) is 0 Å². The molecule has 0 aromatic heterocycles. The normalized spacial score (nSPS) is 16.8. The van der Waals surface area contributed by atoms with E-state index in [1.807, 2.05) is 25.1 Å². The van der Waals surface area contributed by atoms with Gasteiger partial charge in [0, 0.05) is 11.6 Å². The molecule has 0 aliphatic heterocycles. The topological polar surface area (TPSA) is 41.5 Å². The van der Waals surface area contributed by atoms with Gasteiger partial charge in [-0.05, 0) is 49.6 Å². The number of benzene rings is 1. The summed E-state index contributed by atoms with van der Waals surface area (Å²) in [5, 5.41) is 13.9. The predicted molar refractivity (Wildman–Crippen MR) is 82.5 cm³/mol. The Hall–Kier alpha value is -0.770. The molecule has 0 amide bonds. The molecule has 2 rings (SSSR count). The van der Waals surface area contributed by atoms with E-state index in [-0.39, 0.29) is 0 Å². The van der Waals surface area contributed by atoms with Gasteiger partial charge in [0.1, 0.15) is 18.5 Å². The summed E-state index contributed by atoms with van der Waals surface area (Å²) in [5.74, 6) is 1.66. The fraction of sp³-hybridized carbons (Fsp3) is 0.625. The highest BCUT2D eigenvalue weighted by Gasteiger charge is 2.16. The van der Waals surface area contributed by atoms with Crippen molar-refractivity contribution in [3.05, 3.63) is 28.8 Å². The molecule has 1 unspecified atom stereocenters. The van der Waals surface area contributed by atoms with Crippen LogP contribution in [0.3, 0.4) is 0 Å². The zero-order valence-corrected chi connectivity index (χ0v) is 12.8.